The first kappa shape index (κ1) is 11.0. The van der Waals surface area contributed by atoms with Gasteiger partial charge in [-0.05, 0) is 18.1 Å². The number of allylic oxidation sites excluding steroid dienone is 1. The van der Waals surface area contributed by atoms with Gasteiger partial charge in [0.05, 0.1) is 19.8 Å². The van der Waals surface area contributed by atoms with Crippen molar-refractivity contribution in [1.29, 1.82) is 0 Å². The van der Waals surface area contributed by atoms with Crippen LogP contribution in [0.15, 0.2) is 24.8 Å². The molecule has 3 nitrogen and oxygen atoms in total. The maximum atomic E-state index is 9.95. The molecule has 1 aliphatic heterocycles. The van der Waals surface area contributed by atoms with Gasteiger partial charge < -0.3 is 14.6 Å². The number of phenols is 1. The fourth-order valence-corrected chi connectivity index (χ4v) is 1.76. The molecule has 0 bridgehead atoms. The van der Waals surface area contributed by atoms with Crippen LogP contribution in [-0.2, 0) is 17.6 Å². The van der Waals surface area contributed by atoms with Crippen LogP contribution in [0.25, 0.3) is 0 Å². The summed E-state index contributed by atoms with van der Waals surface area (Å²) in [6.45, 7) is 4.49. The van der Waals surface area contributed by atoms with Crippen molar-refractivity contribution in [2.24, 2.45) is 0 Å². The zero-order valence-corrected chi connectivity index (χ0v) is 9.40. The van der Waals surface area contributed by atoms with Crippen molar-refractivity contribution in [3.8, 4) is 11.5 Å². The van der Waals surface area contributed by atoms with Gasteiger partial charge in [0.2, 0.25) is 0 Å². The number of methoxy groups -OCH3 is 1. The van der Waals surface area contributed by atoms with Gasteiger partial charge in [0.25, 0.3) is 0 Å². The van der Waals surface area contributed by atoms with E-state index in [1.165, 1.54) is 0 Å². The lowest BCUT2D eigenvalue weighted by atomic mass is 10.0. The Morgan fingerprint density at radius 3 is 2.94 bits per heavy atom. The summed E-state index contributed by atoms with van der Waals surface area (Å²) >= 11 is 0. The van der Waals surface area contributed by atoms with E-state index in [2.05, 4.69) is 6.58 Å². The zero-order chi connectivity index (χ0) is 11.5. The van der Waals surface area contributed by atoms with E-state index in [0.29, 0.717) is 5.75 Å². The summed E-state index contributed by atoms with van der Waals surface area (Å²) in [5.74, 6) is 0.751. The van der Waals surface area contributed by atoms with Gasteiger partial charge in [0.1, 0.15) is 0 Å². The topological polar surface area (TPSA) is 42.0 Å². The summed E-state index contributed by atoms with van der Waals surface area (Å²) in [7, 11) is 1.56. The van der Waals surface area contributed by atoms with E-state index in [9.17, 15) is 5.11 Å². The Labute approximate surface area is 95.3 Å². The third-order valence-electron chi connectivity index (χ3n) is 2.66. The van der Waals surface area contributed by atoms with Crippen LogP contribution >= 0.6 is 0 Å². The second kappa shape index (κ2) is 4.58. The van der Waals surface area contributed by atoms with Crippen LogP contribution in [0.3, 0.4) is 0 Å². The van der Waals surface area contributed by atoms with E-state index in [-0.39, 0.29) is 11.9 Å². The molecule has 16 heavy (non-hydrogen) atoms. The molecule has 1 saturated heterocycles. The zero-order valence-electron chi connectivity index (χ0n) is 9.40. The third kappa shape index (κ3) is 2.36. The van der Waals surface area contributed by atoms with Gasteiger partial charge in [-0.15, -0.1) is 6.58 Å². The minimum absolute atomic E-state index is 0.228. The minimum Gasteiger partial charge on any atom is -0.504 e. The van der Waals surface area contributed by atoms with E-state index in [1.54, 1.807) is 7.11 Å². The van der Waals surface area contributed by atoms with Crippen molar-refractivity contribution in [1.82, 2.24) is 0 Å². The number of aromatic hydroxyl groups is 1. The molecule has 86 valence electrons. The molecular formula is C13H16O3. The van der Waals surface area contributed by atoms with E-state index >= 15 is 0 Å². The number of ether oxygens (including phenoxy) is 2. The monoisotopic (exact) mass is 220 g/mol. The molecule has 0 spiro atoms. The molecule has 0 aromatic heterocycles. The summed E-state index contributed by atoms with van der Waals surface area (Å²) in [4.78, 5) is 0. The molecule has 1 aromatic carbocycles. The first-order valence-electron chi connectivity index (χ1n) is 5.36. The lowest BCUT2D eigenvalue weighted by Crippen LogP contribution is -1.97. The number of epoxide rings is 1. The second-order valence-electron chi connectivity index (χ2n) is 3.96. The van der Waals surface area contributed by atoms with E-state index in [4.69, 9.17) is 9.47 Å². The third-order valence-corrected chi connectivity index (χ3v) is 2.66. The van der Waals surface area contributed by atoms with E-state index in [1.807, 2.05) is 18.2 Å². The van der Waals surface area contributed by atoms with Gasteiger partial charge in [0, 0.05) is 12.0 Å². The maximum Gasteiger partial charge on any atom is 0.161 e. The van der Waals surface area contributed by atoms with Crippen LogP contribution in [0.1, 0.15) is 11.1 Å². The van der Waals surface area contributed by atoms with Gasteiger partial charge in [0.15, 0.2) is 11.5 Å². The summed E-state index contributed by atoms with van der Waals surface area (Å²) in [5.41, 5.74) is 1.99. The molecule has 0 radical (unpaired) electrons. The highest BCUT2D eigenvalue weighted by Crippen LogP contribution is 2.34. The molecule has 2 rings (SSSR count). The Kier molecular flexibility index (Phi) is 3.15. The maximum absolute atomic E-state index is 9.95. The minimum atomic E-state index is 0.228. The van der Waals surface area contributed by atoms with Crippen molar-refractivity contribution < 1.29 is 14.6 Å². The van der Waals surface area contributed by atoms with Crippen molar-refractivity contribution >= 4 is 0 Å². The highest BCUT2D eigenvalue weighted by atomic mass is 16.6. The molecular weight excluding hydrogens is 204 g/mol. The molecule has 0 aliphatic carbocycles. The van der Waals surface area contributed by atoms with Crippen molar-refractivity contribution in [3.05, 3.63) is 35.9 Å². The molecule has 3 heteroatoms. The molecule has 0 amide bonds. The fraction of sp³-hybridized carbons (Fsp3) is 0.385. The predicted molar refractivity (Wildman–Crippen MR) is 62.0 cm³/mol. The van der Waals surface area contributed by atoms with E-state index < -0.39 is 0 Å². The smallest absolute Gasteiger partial charge is 0.161 e. The normalized spacial score (nSPS) is 18.2. The molecule has 1 aliphatic rings. The van der Waals surface area contributed by atoms with E-state index in [0.717, 1.165) is 30.6 Å². The Balaban J connectivity index is 2.31. The molecule has 1 atom stereocenters. The molecule has 1 N–H and O–H groups in total. The average molecular weight is 220 g/mol. The highest BCUT2D eigenvalue weighted by molar-refractivity contribution is 5.49. The summed E-state index contributed by atoms with van der Waals surface area (Å²) in [6, 6.07) is 3.83. The number of phenolic OH excluding ortho intramolecular Hbond substituents is 1. The standard InChI is InChI=1S/C13H16O3/c1-3-4-9-5-10(7-11-8-16-11)13(14)12(6-9)15-2/h3,5-6,11,14H,1,4,7-8H2,2H3. The largest absolute Gasteiger partial charge is 0.504 e. The van der Waals surface area contributed by atoms with Gasteiger partial charge in [-0.2, -0.15) is 0 Å². The Hall–Kier alpha value is -1.48. The molecule has 1 unspecified atom stereocenters. The fourth-order valence-electron chi connectivity index (χ4n) is 1.76. The molecule has 1 heterocycles. The van der Waals surface area contributed by atoms with Crippen molar-refractivity contribution in [2.45, 2.75) is 18.9 Å². The van der Waals surface area contributed by atoms with Gasteiger partial charge >= 0.3 is 0 Å². The van der Waals surface area contributed by atoms with Gasteiger partial charge in [-0.25, -0.2) is 0 Å². The quantitative estimate of drug-likeness (QED) is 0.610. The summed E-state index contributed by atoms with van der Waals surface area (Å²) in [6.07, 6.45) is 3.61. The molecule has 0 saturated carbocycles. The first-order valence-corrected chi connectivity index (χ1v) is 5.36. The lowest BCUT2D eigenvalue weighted by Gasteiger charge is -2.10. The Morgan fingerprint density at radius 2 is 2.38 bits per heavy atom. The molecule has 1 aromatic rings. The number of benzene rings is 1. The summed E-state index contributed by atoms with van der Waals surface area (Å²) in [5, 5.41) is 9.95. The number of hydrogen-bond acceptors (Lipinski definition) is 3. The van der Waals surface area contributed by atoms with Gasteiger partial charge in [-0.3, -0.25) is 0 Å². The highest BCUT2D eigenvalue weighted by Gasteiger charge is 2.25. The van der Waals surface area contributed by atoms with Crippen LogP contribution in [0, 0.1) is 0 Å². The first-order chi connectivity index (χ1) is 7.74. The number of hydrogen-bond donors (Lipinski definition) is 1. The lowest BCUT2D eigenvalue weighted by molar-refractivity contribution is 0.365. The van der Waals surface area contributed by atoms with Crippen LogP contribution in [0.5, 0.6) is 11.5 Å². The van der Waals surface area contributed by atoms with Crippen LogP contribution in [0.4, 0.5) is 0 Å². The van der Waals surface area contributed by atoms with Crippen LogP contribution in [-0.4, -0.2) is 24.9 Å². The van der Waals surface area contributed by atoms with Gasteiger partial charge in [-0.1, -0.05) is 12.1 Å². The SMILES string of the molecule is C=CCc1cc(CC2CO2)c(O)c(OC)c1. The Bertz CT molecular complexity index is 394. The average Bonchev–Trinajstić information content (AvgIpc) is 3.07. The predicted octanol–water partition coefficient (Wildman–Crippen LogP) is 2.07. The second-order valence-corrected chi connectivity index (χ2v) is 3.96. The van der Waals surface area contributed by atoms with Crippen LogP contribution in [0.2, 0.25) is 0 Å². The summed E-state index contributed by atoms with van der Waals surface area (Å²) < 4.78 is 10.3. The Morgan fingerprint density at radius 1 is 1.62 bits per heavy atom. The van der Waals surface area contributed by atoms with Crippen molar-refractivity contribution in [2.75, 3.05) is 13.7 Å². The van der Waals surface area contributed by atoms with Crippen molar-refractivity contribution in [3.63, 3.8) is 0 Å². The molecule has 1 fully saturated rings. The van der Waals surface area contributed by atoms with Crippen LogP contribution < -0.4 is 4.74 Å². The number of rotatable bonds is 5.